The second-order valence-corrected chi connectivity index (χ2v) is 9.18. The minimum absolute atomic E-state index is 0.178. The number of rotatable bonds is 7. The second kappa shape index (κ2) is 8.76. The van der Waals surface area contributed by atoms with Crippen LogP contribution in [0.2, 0.25) is 0 Å². The second-order valence-electron chi connectivity index (χ2n) is 6.34. The zero-order valence-corrected chi connectivity index (χ0v) is 18.0. The van der Waals surface area contributed by atoms with Gasteiger partial charge in [0.05, 0.1) is 19.1 Å². The smallest absolute Gasteiger partial charge is 0.249 e. The fourth-order valence-electron chi connectivity index (χ4n) is 2.73. The number of carbonyl (C=O) groups is 1. The largest absolute Gasteiger partial charge is 0.497 e. The number of ether oxygens (including phenoxy) is 1. The molecule has 1 N–H and O–H groups in total. The van der Waals surface area contributed by atoms with E-state index in [9.17, 15) is 17.6 Å². The van der Waals surface area contributed by atoms with Crippen molar-refractivity contribution in [3.8, 4) is 16.3 Å². The number of halogens is 1. The zero-order chi connectivity index (χ0) is 21.9. The van der Waals surface area contributed by atoms with Gasteiger partial charge in [0.2, 0.25) is 21.1 Å². The lowest BCUT2D eigenvalue weighted by atomic mass is 10.2. The van der Waals surface area contributed by atoms with Crippen LogP contribution >= 0.6 is 11.3 Å². The molecule has 8 nitrogen and oxygen atoms in total. The van der Waals surface area contributed by atoms with Gasteiger partial charge in [0, 0.05) is 5.56 Å². The van der Waals surface area contributed by atoms with E-state index in [0.717, 1.165) is 39.6 Å². The Morgan fingerprint density at radius 2 is 1.77 bits per heavy atom. The normalized spacial score (nSPS) is 12.3. The number of nitrogens with zero attached hydrogens (tertiary/aromatic N) is 3. The standard InChI is InChI=1S/C19H19FN4O4S2/c1-12(24(30(3,26)27)15-8-6-14(20)7-9-15)17(25)21-19-23-22-18(29-19)13-4-10-16(28-2)11-5-13/h4-12H,1-3H3,(H,21,23,25)/t12-/m0/s1. The van der Waals surface area contributed by atoms with Crippen molar-refractivity contribution >= 4 is 38.1 Å². The summed E-state index contributed by atoms with van der Waals surface area (Å²) in [7, 11) is -2.24. The Kier molecular flexibility index (Phi) is 6.32. The minimum Gasteiger partial charge on any atom is -0.497 e. The highest BCUT2D eigenvalue weighted by atomic mass is 32.2. The van der Waals surface area contributed by atoms with Crippen LogP contribution in [0, 0.1) is 5.82 Å². The first-order valence-electron chi connectivity index (χ1n) is 8.73. The number of anilines is 2. The maximum absolute atomic E-state index is 13.2. The van der Waals surface area contributed by atoms with Crippen molar-refractivity contribution in [1.82, 2.24) is 10.2 Å². The van der Waals surface area contributed by atoms with Crippen molar-refractivity contribution in [2.75, 3.05) is 23.0 Å². The molecular formula is C19H19FN4O4S2. The molecule has 1 atom stereocenters. The fraction of sp³-hybridized carbons (Fsp3) is 0.211. The number of benzene rings is 2. The highest BCUT2D eigenvalue weighted by Gasteiger charge is 2.29. The highest BCUT2D eigenvalue weighted by molar-refractivity contribution is 7.92. The maximum Gasteiger partial charge on any atom is 0.249 e. The number of aromatic nitrogens is 2. The summed E-state index contributed by atoms with van der Waals surface area (Å²) in [6.45, 7) is 1.44. The van der Waals surface area contributed by atoms with Gasteiger partial charge in [-0.25, -0.2) is 12.8 Å². The zero-order valence-electron chi connectivity index (χ0n) is 16.4. The van der Waals surface area contributed by atoms with E-state index in [4.69, 9.17) is 4.74 Å². The van der Waals surface area contributed by atoms with Crippen LogP contribution in [-0.4, -0.2) is 43.9 Å². The Morgan fingerprint density at radius 3 is 2.33 bits per heavy atom. The molecular weight excluding hydrogens is 431 g/mol. The third-order valence-electron chi connectivity index (χ3n) is 4.16. The maximum atomic E-state index is 13.2. The predicted octanol–water partition coefficient (Wildman–Crippen LogP) is 3.15. The molecule has 11 heteroatoms. The van der Waals surface area contributed by atoms with Gasteiger partial charge in [-0.05, 0) is 55.5 Å². The van der Waals surface area contributed by atoms with Gasteiger partial charge in [-0.1, -0.05) is 11.3 Å². The van der Waals surface area contributed by atoms with E-state index >= 15 is 0 Å². The first kappa shape index (κ1) is 21.7. The number of methoxy groups -OCH3 is 1. The van der Waals surface area contributed by atoms with Crippen molar-refractivity contribution in [3.63, 3.8) is 0 Å². The number of carbonyl (C=O) groups excluding carboxylic acids is 1. The number of nitrogens with one attached hydrogen (secondary N) is 1. The summed E-state index contributed by atoms with van der Waals surface area (Å²) in [6.07, 6.45) is 0.979. The molecule has 0 aliphatic carbocycles. The molecule has 3 aromatic rings. The van der Waals surface area contributed by atoms with Crippen LogP contribution in [0.1, 0.15) is 6.92 Å². The van der Waals surface area contributed by atoms with Gasteiger partial charge in [0.1, 0.15) is 22.6 Å². The quantitative estimate of drug-likeness (QED) is 0.593. The molecule has 0 saturated carbocycles. The average Bonchev–Trinajstić information content (AvgIpc) is 3.17. The Labute approximate surface area is 177 Å². The molecule has 1 amide bonds. The first-order chi connectivity index (χ1) is 14.2. The first-order valence-corrected chi connectivity index (χ1v) is 11.4. The molecule has 0 fully saturated rings. The van der Waals surface area contributed by atoms with Crippen molar-refractivity contribution in [2.45, 2.75) is 13.0 Å². The van der Waals surface area contributed by atoms with Crippen LogP contribution in [0.15, 0.2) is 48.5 Å². The molecule has 158 valence electrons. The Hall–Kier alpha value is -3.05. The topological polar surface area (TPSA) is 101 Å². The van der Waals surface area contributed by atoms with Gasteiger partial charge in [0.25, 0.3) is 0 Å². The van der Waals surface area contributed by atoms with E-state index in [1.54, 1.807) is 19.2 Å². The van der Waals surface area contributed by atoms with Crippen LogP contribution in [-0.2, 0) is 14.8 Å². The molecule has 1 heterocycles. The fourth-order valence-corrected chi connectivity index (χ4v) is 4.66. The number of sulfonamides is 1. The van der Waals surface area contributed by atoms with Crippen molar-refractivity contribution < 1.29 is 22.3 Å². The van der Waals surface area contributed by atoms with E-state index < -0.39 is 27.8 Å². The predicted molar refractivity (Wildman–Crippen MR) is 114 cm³/mol. The Balaban J connectivity index is 1.78. The van der Waals surface area contributed by atoms with E-state index in [2.05, 4.69) is 15.5 Å². The summed E-state index contributed by atoms with van der Waals surface area (Å²) in [4.78, 5) is 12.7. The van der Waals surface area contributed by atoms with E-state index in [0.29, 0.717) is 10.8 Å². The van der Waals surface area contributed by atoms with Crippen molar-refractivity contribution in [3.05, 3.63) is 54.3 Å². The van der Waals surface area contributed by atoms with Crippen molar-refractivity contribution in [2.24, 2.45) is 0 Å². The SMILES string of the molecule is COc1ccc(-c2nnc(NC(=O)[C@H](C)N(c3ccc(F)cc3)S(C)(=O)=O)s2)cc1. The van der Waals surface area contributed by atoms with Crippen LogP contribution in [0.25, 0.3) is 10.6 Å². The van der Waals surface area contributed by atoms with Gasteiger partial charge in [-0.15, -0.1) is 10.2 Å². The summed E-state index contributed by atoms with van der Waals surface area (Å²) >= 11 is 1.15. The molecule has 30 heavy (non-hydrogen) atoms. The minimum atomic E-state index is -3.81. The van der Waals surface area contributed by atoms with E-state index in [1.807, 2.05) is 12.1 Å². The molecule has 0 saturated heterocycles. The van der Waals surface area contributed by atoms with Gasteiger partial charge >= 0.3 is 0 Å². The lowest BCUT2D eigenvalue weighted by molar-refractivity contribution is -0.116. The molecule has 0 bridgehead atoms. The van der Waals surface area contributed by atoms with Gasteiger partial charge in [-0.3, -0.25) is 14.4 Å². The van der Waals surface area contributed by atoms with E-state index in [1.165, 1.54) is 19.1 Å². The molecule has 0 aliphatic rings. The van der Waals surface area contributed by atoms with Crippen LogP contribution in [0.4, 0.5) is 15.2 Å². The van der Waals surface area contributed by atoms with Crippen LogP contribution in [0.3, 0.4) is 0 Å². The van der Waals surface area contributed by atoms with E-state index in [-0.39, 0.29) is 10.8 Å². The summed E-state index contributed by atoms with van der Waals surface area (Å²) in [5.74, 6) is -0.404. The Morgan fingerprint density at radius 1 is 1.13 bits per heavy atom. The lowest BCUT2D eigenvalue weighted by Crippen LogP contribution is -2.45. The summed E-state index contributed by atoms with van der Waals surface area (Å²) in [6, 6.07) is 10.9. The summed E-state index contributed by atoms with van der Waals surface area (Å²) in [5.41, 5.74) is 0.976. The van der Waals surface area contributed by atoms with Crippen molar-refractivity contribution in [1.29, 1.82) is 0 Å². The van der Waals surface area contributed by atoms with Crippen LogP contribution in [0.5, 0.6) is 5.75 Å². The number of hydrogen-bond donors (Lipinski definition) is 1. The number of amides is 1. The molecule has 0 unspecified atom stereocenters. The highest BCUT2D eigenvalue weighted by Crippen LogP contribution is 2.28. The molecule has 3 rings (SSSR count). The van der Waals surface area contributed by atoms with Gasteiger partial charge < -0.3 is 4.74 Å². The Bertz CT molecular complexity index is 1130. The monoisotopic (exact) mass is 450 g/mol. The number of hydrogen-bond acceptors (Lipinski definition) is 7. The molecule has 0 aliphatic heterocycles. The lowest BCUT2D eigenvalue weighted by Gasteiger charge is -2.27. The summed E-state index contributed by atoms with van der Waals surface area (Å²) in [5, 5.41) is 11.4. The van der Waals surface area contributed by atoms with Crippen LogP contribution < -0.4 is 14.4 Å². The van der Waals surface area contributed by atoms with Gasteiger partial charge in [-0.2, -0.15) is 0 Å². The molecule has 0 radical (unpaired) electrons. The summed E-state index contributed by atoms with van der Waals surface area (Å²) < 4.78 is 43.8. The molecule has 2 aromatic carbocycles. The third-order valence-corrected chi connectivity index (χ3v) is 6.29. The average molecular weight is 451 g/mol. The molecule has 0 spiro atoms. The third kappa shape index (κ3) is 4.92. The van der Waals surface area contributed by atoms with Gasteiger partial charge in [0.15, 0.2) is 0 Å². The molecule has 1 aromatic heterocycles.